The lowest BCUT2D eigenvalue weighted by molar-refractivity contribution is -0.124. The van der Waals surface area contributed by atoms with E-state index in [1.165, 1.54) is 0 Å². The Morgan fingerprint density at radius 3 is 2.69 bits per heavy atom. The molecule has 1 saturated heterocycles. The number of nitrogens with zero attached hydrogens (tertiary/aromatic N) is 1. The van der Waals surface area contributed by atoms with E-state index in [9.17, 15) is 9.59 Å². The van der Waals surface area contributed by atoms with Crippen LogP contribution in [0.3, 0.4) is 0 Å². The molecule has 6 nitrogen and oxygen atoms in total. The SMILES string of the molecule is CCCCN1C(=O)c2ccccc2C(C(=O)NCCC2OCCO2)C1c1cccc(Cl)c1. The number of carbonyl (C=O) groups is 2. The normalized spacial score (nSPS) is 20.9. The molecule has 2 atom stereocenters. The highest BCUT2D eigenvalue weighted by atomic mass is 35.5. The van der Waals surface area contributed by atoms with Crippen molar-refractivity contribution in [3.8, 4) is 0 Å². The Labute approximate surface area is 193 Å². The second-order valence-corrected chi connectivity index (χ2v) is 8.60. The van der Waals surface area contributed by atoms with Crippen LogP contribution in [0.15, 0.2) is 48.5 Å². The van der Waals surface area contributed by atoms with Gasteiger partial charge in [-0.1, -0.05) is 55.3 Å². The van der Waals surface area contributed by atoms with E-state index in [-0.39, 0.29) is 18.1 Å². The minimum atomic E-state index is -0.537. The van der Waals surface area contributed by atoms with Crippen molar-refractivity contribution in [3.63, 3.8) is 0 Å². The summed E-state index contributed by atoms with van der Waals surface area (Å²) in [6.45, 7) is 4.27. The summed E-state index contributed by atoms with van der Waals surface area (Å²) in [5.41, 5.74) is 2.20. The Morgan fingerprint density at radius 1 is 1.16 bits per heavy atom. The lowest BCUT2D eigenvalue weighted by Crippen LogP contribution is -2.48. The maximum atomic E-state index is 13.6. The summed E-state index contributed by atoms with van der Waals surface area (Å²) in [5, 5.41) is 3.64. The highest BCUT2D eigenvalue weighted by Gasteiger charge is 2.43. The number of benzene rings is 2. The average molecular weight is 457 g/mol. The first-order valence-corrected chi connectivity index (χ1v) is 11.6. The zero-order valence-corrected chi connectivity index (χ0v) is 19.0. The Morgan fingerprint density at radius 2 is 1.94 bits per heavy atom. The van der Waals surface area contributed by atoms with Crippen LogP contribution in [0.1, 0.15) is 59.6 Å². The van der Waals surface area contributed by atoms with Crippen molar-refractivity contribution in [2.45, 2.75) is 44.4 Å². The van der Waals surface area contributed by atoms with E-state index in [1.807, 2.05) is 47.4 Å². The van der Waals surface area contributed by atoms with Gasteiger partial charge in [0.05, 0.1) is 25.2 Å². The summed E-state index contributed by atoms with van der Waals surface area (Å²) in [6.07, 6.45) is 2.11. The molecular formula is C25H29ClN2O4. The molecule has 1 fully saturated rings. The molecule has 170 valence electrons. The summed E-state index contributed by atoms with van der Waals surface area (Å²) >= 11 is 6.30. The fourth-order valence-electron chi connectivity index (χ4n) is 4.51. The third kappa shape index (κ3) is 4.82. The smallest absolute Gasteiger partial charge is 0.254 e. The Balaban J connectivity index is 1.68. The third-order valence-electron chi connectivity index (χ3n) is 6.03. The van der Waals surface area contributed by atoms with E-state index in [0.717, 1.165) is 24.0 Å². The highest BCUT2D eigenvalue weighted by Crippen LogP contribution is 2.43. The number of hydrogen-bond acceptors (Lipinski definition) is 4. The van der Waals surface area contributed by atoms with Gasteiger partial charge in [0, 0.05) is 30.1 Å². The number of carbonyl (C=O) groups excluding carboxylic acids is 2. The van der Waals surface area contributed by atoms with Gasteiger partial charge in [0.25, 0.3) is 5.91 Å². The van der Waals surface area contributed by atoms with Crippen LogP contribution in [-0.2, 0) is 14.3 Å². The zero-order chi connectivity index (χ0) is 22.5. The van der Waals surface area contributed by atoms with Crippen molar-refractivity contribution in [1.82, 2.24) is 10.2 Å². The molecule has 2 aromatic rings. The molecule has 2 unspecified atom stereocenters. The number of ether oxygens (including phenoxy) is 2. The molecule has 2 aliphatic rings. The first-order chi connectivity index (χ1) is 15.6. The van der Waals surface area contributed by atoms with Gasteiger partial charge in [-0.25, -0.2) is 0 Å². The Hall–Kier alpha value is -2.41. The van der Waals surface area contributed by atoms with Crippen LogP contribution in [0.4, 0.5) is 0 Å². The molecular weight excluding hydrogens is 428 g/mol. The molecule has 1 N–H and O–H groups in total. The van der Waals surface area contributed by atoms with Gasteiger partial charge in [-0.3, -0.25) is 9.59 Å². The van der Waals surface area contributed by atoms with Crippen LogP contribution in [-0.4, -0.2) is 49.3 Å². The first kappa shape index (κ1) is 22.8. The Kier molecular flexibility index (Phi) is 7.45. The molecule has 4 rings (SSSR count). The number of unbranched alkanes of at least 4 members (excludes halogenated alkanes) is 1. The molecule has 2 aromatic carbocycles. The fourth-order valence-corrected chi connectivity index (χ4v) is 4.71. The number of halogens is 1. The molecule has 0 bridgehead atoms. The van der Waals surface area contributed by atoms with Gasteiger partial charge in [-0.15, -0.1) is 0 Å². The van der Waals surface area contributed by atoms with Crippen LogP contribution in [0.5, 0.6) is 0 Å². The van der Waals surface area contributed by atoms with Crippen molar-refractivity contribution in [3.05, 3.63) is 70.2 Å². The maximum absolute atomic E-state index is 13.6. The number of nitrogens with one attached hydrogen (secondary N) is 1. The average Bonchev–Trinajstić information content (AvgIpc) is 3.32. The molecule has 2 heterocycles. The van der Waals surface area contributed by atoms with Crippen molar-refractivity contribution in [2.75, 3.05) is 26.3 Å². The highest BCUT2D eigenvalue weighted by molar-refractivity contribution is 6.30. The van der Waals surface area contributed by atoms with E-state index in [0.29, 0.717) is 43.3 Å². The third-order valence-corrected chi connectivity index (χ3v) is 6.27. The molecule has 7 heteroatoms. The number of amides is 2. The standard InChI is InChI=1S/C25H29ClN2O4/c1-2-3-13-28-23(17-7-6-8-18(26)16-17)22(19-9-4-5-10-20(19)25(28)30)24(29)27-12-11-21-31-14-15-32-21/h4-10,16,21-23H,2-3,11-15H2,1H3,(H,27,29). The second-order valence-electron chi connectivity index (χ2n) is 8.17. The van der Waals surface area contributed by atoms with E-state index in [4.69, 9.17) is 21.1 Å². The molecule has 0 aromatic heterocycles. The van der Waals surface area contributed by atoms with Crippen molar-refractivity contribution in [1.29, 1.82) is 0 Å². The predicted octanol–water partition coefficient (Wildman–Crippen LogP) is 4.30. The van der Waals surface area contributed by atoms with Crippen molar-refractivity contribution >= 4 is 23.4 Å². The predicted molar refractivity (Wildman–Crippen MR) is 123 cm³/mol. The Bertz CT molecular complexity index is 960. The summed E-state index contributed by atoms with van der Waals surface area (Å²) in [5.74, 6) is -0.699. The van der Waals surface area contributed by atoms with Crippen LogP contribution in [0, 0.1) is 0 Å². The van der Waals surface area contributed by atoms with Gasteiger partial charge in [-0.05, 0) is 35.7 Å². The topological polar surface area (TPSA) is 67.9 Å². The minimum absolute atomic E-state index is 0.0455. The number of fused-ring (bicyclic) bond motifs is 1. The van der Waals surface area contributed by atoms with Gasteiger partial charge in [0.1, 0.15) is 0 Å². The fraction of sp³-hybridized carbons (Fsp3) is 0.440. The molecule has 2 aliphatic heterocycles. The van der Waals surface area contributed by atoms with Crippen LogP contribution >= 0.6 is 11.6 Å². The van der Waals surface area contributed by atoms with E-state index < -0.39 is 12.0 Å². The van der Waals surface area contributed by atoms with Gasteiger partial charge >= 0.3 is 0 Å². The molecule has 32 heavy (non-hydrogen) atoms. The monoisotopic (exact) mass is 456 g/mol. The molecule has 0 aliphatic carbocycles. The molecule has 0 radical (unpaired) electrons. The molecule has 2 amide bonds. The lowest BCUT2D eigenvalue weighted by atomic mass is 9.79. The van der Waals surface area contributed by atoms with Gasteiger partial charge in [0.2, 0.25) is 5.91 Å². The minimum Gasteiger partial charge on any atom is -0.355 e. The van der Waals surface area contributed by atoms with Gasteiger partial charge in [0.15, 0.2) is 6.29 Å². The van der Waals surface area contributed by atoms with E-state index in [1.54, 1.807) is 6.07 Å². The van der Waals surface area contributed by atoms with Crippen molar-refractivity contribution < 1.29 is 19.1 Å². The first-order valence-electron chi connectivity index (χ1n) is 11.3. The zero-order valence-electron chi connectivity index (χ0n) is 18.3. The summed E-state index contributed by atoms with van der Waals surface area (Å²) in [7, 11) is 0. The molecule has 0 saturated carbocycles. The van der Waals surface area contributed by atoms with Crippen molar-refractivity contribution in [2.24, 2.45) is 0 Å². The summed E-state index contributed by atoms with van der Waals surface area (Å²) in [6, 6.07) is 14.5. The summed E-state index contributed by atoms with van der Waals surface area (Å²) < 4.78 is 10.9. The molecule has 0 spiro atoms. The van der Waals surface area contributed by atoms with Gasteiger partial charge < -0.3 is 19.7 Å². The largest absolute Gasteiger partial charge is 0.355 e. The number of rotatable bonds is 8. The van der Waals surface area contributed by atoms with Gasteiger partial charge in [-0.2, -0.15) is 0 Å². The second kappa shape index (κ2) is 10.5. The maximum Gasteiger partial charge on any atom is 0.254 e. The number of hydrogen-bond donors (Lipinski definition) is 1. The van der Waals surface area contributed by atoms with Crippen LogP contribution in [0.25, 0.3) is 0 Å². The lowest BCUT2D eigenvalue weighted by Gasteiger charge is -2.42. The van der Waals surface area contributed by atoms with Crippen LogP contribution < -0.4 is 5.32 Å². The quantitative estimate of drug-likeness (QED) is 0.643. The van der Waals surface area contributed by atoms with E-state index >= 15 is 0 Å². The van der Waals surface area contributed by atoms with E-state index in [2.05, 4.69) is 12.2 Å². The van der Waals surface area contributed by atoms with Crippen LogP contribution in [0.2, 0.25) is 5.02 Å². The summed E-state index contributed by atoms with van der Waals surface area (Å²) in [4.78, 5) is 28.9.